The fourth-order valence-corrected chi connectivity index (χ4v) is 9.45. The molecule has 1 aromatic carbocycles. The van der Waals surface area contributed by atoms with Gasteiger partial charge in [0.2, 0.25) is 17.7 Å². The van der Waals surface area contributed by atoms with Crippen molar-refractivity contribution in [2.75, 3.05) is 51.3 Å². The summed E-state index contributed by atoms with van der Waals surface area (Å²) in [5.41, 5.74) is 0.697. The lowest BCUT2D eigenvalue weighted by Gasteiger charge is -2.41. The lowest BCUT2D eigenvalue weighted by atomic mass is 9.66. The molecule has 0 radical (unpaired) electrons. The van der Waals surface area contributed by atoms with E-state index in [1.165, 1.54) is 0 Å². The molecule has 1 spiro atoms. The Morgan fingerprint density at radius 2 is 1.89 bits per heavy atom. The Morgan fingerprint density at radius 3 is 2.55 bits per heavy atom. The van der Waals surface area contributed by atoms with E-state index in [9.17, 15) is 19.5 Å². The Balaban J connectivity index is 1.43. The predicted octanol–water partition coefficient (Wildman–Crippen LogP) is 1.43. The fourth-order valence-electron chi connectivity index (χ4n) is 7.04. The van der Waals surface area contributed by atoms with E-state index >= 15 is 0 Å². The molecule has 3 N–H and O–H groups in total. The first-order valence-electron chi connectivity index (χ1n) is 13.8. The number of fused-ring (bicyclic) bond motifs is 1. The summed E-state index contributed by atoms with van der Waals surface area (Å²) in [4.78, 5) is 45.8. The number of nitrogens with one attached hydrogen (secondary N) is 2. The number of likely N-dealkylation sites (tertiary alicyclic amines) is 1. The third kappa shape index (κ3) is 4.63. The third-order valence-electron chi connectivity index (χ3n) is 8.92. The van der Waals surface area contributed by atoms with Gasteiger partial charge in [-0.15, -0.1) is 11.8 Å². The maximum atomic E-state index is 14.2. The Kier molecular flexibility index (Phi) is 8.05. The molecule has 4 fully saturated rings. The highest BCUT2D eigenvalue weighted by molar-refractivity contribution is 8.02. The van der Waals surface area contributed by atoms with Crippen molar-refractivity contribution < 1.29 is 24.2 Å². The summed E-state index contributed by atoms with van der Waals surface area (Å²) >= 11 is 1.66. The van der Waals surface area contributed by atoms with Gasteiger partial charge < -0.3 is 25.4 Å². The van der Waals surface area contributed by atoms with Crippen molar-refractivity contribution in [1.82, 2.24) is 15.1 Å². The standard InChI is InChI=1S/C28H40N4O5S/c1-17(2)20(16-33)32-24(26(35)29-9-10-31-11-13-37-14-12-31)28-18(3)15-21(38-28)22(23(28)27(32)36)25(34)30-19-7-5-4-6-8-19/h4-8,17-18,20-24,33H,9-16H2,1-3H3,(H,29,35)(H,30,34)/t18?,20-,21+,22-,23-,24?,28?/m0/s1. The number of aliphatic hydroxyl groups is 1. The van der Waals surface area contributed by atoms with Crippen molar-refractivity contribution in [3.8, 4) is 0 Å². The van der Waals surface area contributed by atoms with Gasteiger partial charge in [0.25, 0.3) is 0 Å². The average Bonchev–Trinajstić information content (AvgIpc) is 3.49. The van der Waals surface area contributed by atoms with Crippen molar-refractivity contribution in [2.24, 2.45) is 23.7 Å². The van der Waals surface area contributed by atoms with Crippen LogP contribution in [0.4, 0.5) is 5.69 Å². The van der Waals surface area contributed by atoms with Crippen LogP contribution in [-0.4, -0.2) is 101 Å². The van der Waals surface area contributed by atoms with Crippen molar-refractivity contribution in [1.29, 1.82) is 0 Å². The first-order valence-corrected chi connectivity index (χ1v) is 14.7. The van der Waals surface area contributed by atoms with Crippen LogP contribution in [0.2, 0.25) is 0 Å². The van der Waals surface area contributed by atoms with E-state index in [1.54, 1.807) is 16.7 Å². The van der Waals surface area contributed by atoms with Crippen molar-refractivity contribution in [3.63, 3.8) is 0 Å². The first kappa shape index (κ1) is 27.4. The van der Waals surface area contributed by atoms with Gasteiger partial charge in [0.15, 0.2) is 0 Å². The van der Waals surface area contributed by atoms with E-state index in [0.717, 1.165) is 19.5 Å². The van der Waals surface area contributed by atoms with Gasteiger partial charge in [-0.2, -0.15) is 0 Å². The number of ether oxygens (including phenoxy) is 1. The van der Waals surface area contributed by atoms with Crippen LogP contribution in [-0.2, 0) is 19.1 Å². The Hall–Kier alpha value is -2.14. The van der Waals surface area contributed by atoms with Gasteiger partial charge in [0.05, 0.1) is 42.4 Å². The van der Waals surface area contributed by atoms with Gasteiger partial charge in [-0.25, -0.2) is 0 Å². The van der Waals surface area contributed by atoms with E-state index in [1.807, 2.05) is 44.2 Å². The van der Waals surface area contributed by atoms with Crippen LogP contribution in [0.15, 0.2) is 30.3 Å². The number of hydrogen-bond acceptors (Lipinski definition) is 7. The minimum atomic E-state index is -0.733. The van der Waals surface area contributed by atoms with Crippen molar-refractivity contribution in [3.05, 3.63) is 30.3 Å². The van der Waals surface area contributed by atoms with Crippen LogP contribution in [0, 0.1) is 23.7 Å². The number of rotatable bonds is 9. The molecule has 0 aliphatic carbocycles. The molecule has 4 aliphatic rings. The lowest BCUT2D eigenvalue weighted by Crippen LogP contribution is -2.59. The zero-order chi connectivity index (χ0) is 27.0. The van der Waals surface area contributed by atoms with E-state index in [4.69, 9.17) is 4.74 Å². The highest BCUT2D eigenvalue weighted by Gasteiger charge is 2.76. The second-order valence-electron chi connectivity index (χ2n) is 11.4. The van der Waals surface area contributed by atoms with Gasteiger partial charge in [-0.1, -0.05) is 39.0 Å². The SMILES string of the molecule is CC(C)[C@H](CO)N1C(=O)[C@@H]2[C@@H](C(=O)Nc3ccccc3)[C@H]3CC(C)C2(S3)C1C(=O)NCCN1CCOCC1. The molecule has 208 valence electrons. The fraction of sp³-hybridized carbons (Fsp3) is 0.679. The summed E-state index contributed by atoms with van der Waals surface area (Å²) in [6.45, 7) is 10.0. The number of benzene rings is 1. The zero-order valence-corrected chi connectivity index (χ0v) is 23.3. The molecular formula is C28H40N4O5S. The molecule has 4 heterocycles. The highest BCUT2D eigenvalue weighted by Crippen LogP contribution is 2.69. The van der Waals surface area contributed by atoms with E-state index in [0.29, 0.717) is 32.0 Å². The second-order valence-corrected chi connectivity index (χ2v) is 12.9. The number of thioether (sulfide) groups is 1. The van der Waals surface area contributed by atoms with Crippen molar-refractivity contribution >= 4 is 35.2 Å². The maximum Gasteiger partial charge on any atom is 0.244 e. The molecular weight excluding hydrogens is 504 g/mol. The number of anilines is 1. The monoisotopic (exact) mass is 544 g/mol. The number of amides is 3. The number of hydrogen-bond donors (Lipinski definition) is 3. The van der Waals surface area contributed by atoms with Crippen LogP contribution < -0.4 is 10.6 Å². The number of carbonyl (C=O) groups is 3. The topological polar surface area (TPSA) is 111 Å². The summed E-state index contributed by atoms with van der Waals surface area (Å²) in [7, 11) is 0. The van der Waals surface area contributed by atoms with Gasteiger partial charge >= 0.3 is 0 Å². The molecule has 5 rings (SSSR count). The summed E-state index contributed by atoms with van der Waals surface area (Å²) in [6.07, 6.45) is 0.776. The molecule has 0 aromatic heterocycles. The molecule has 7 atom stereocenters. The molecule has 4 saturated heterocycles. The van der Waals surface area contributed by atoms with Crippen LogP contribution >= 0.6 is 11.8 Å². The van der Waals surface area contributed by atoms with Crippen LogP contribution in [0.5, 0.6) is 0 Å². The molecule has 0 saturated carbocycles. The quantitative estimate of drug-likeness (QED) is 0.431. The van der Waals surface area contributed by atoms with Gasteiger partial charge in [0.1, 0.15) is 6.04 Å². The number of aliphatic hydroxyl groups excluding tert-OH is 1. The molecule has 4 aliphatic heterocycles. The Bertz CT molecular complexity index is 1040. The number of nitrogens with zero attached hydrogens (tertiary/aromatic N) is 2. The molecule has 3 amide bonds. The minimum Gasteiger partial charge on any atom is -0.394 e. The zero-order valence-electron chi connectivity index (χ0n) is 22.5. The smallest absolute Gasteiger partial charge is 0.244 e. The predicted molar refractivity (Wildman–Crippen MR) is 147 cm³/mol. The van der Waals surface area contributed by atoms with E-state index in [-0.39, 0.29) is 41.4 Å². The minimum absolute atomic E-state index is 0.0277. The number of carbonyl (C=O) groups excluding carboxylic acids is 3. The second kappa shape index (κ2) is 11.2. The summed E-state index contributed by atoms with van der Waals surface area (Å²) in [5, 5.41) is 16.5. The number of para-hydroxylation sites is 1. The molecule has 10 heteroatoms. The van der Waals surface area contributed by atoms with Crippen LogP contribution in [0.3, 0.4) is 0 Å². The molecule has 2 bridgehead atoms. The maximum absolute atomic E-state index is 14.2. The Morgan fingerprint density at radius 1 is 1.18 bits per heavy atom. The number of morpholine rings is 1. The molecule has 38 heavy (non-hydrogen) atoms. The molecule has 1 aromatic rings. The molecule has 9 nitrogen and oxygen atoms in total. The van der Waals surface area contributed by atoms with E-state index < -0.39 is 28.7 Å². The van der Waals surface area contributed by atoms with E-state index in [2.05, 4.69) is 22.5 Å². The van der Waals surface area contributed by atoms with Gasteiger partial charge in [-0.05, 0) is 30.4 Å². The summed E-state index contributed by atoms with van der Waals surface area (Å²) in [5.74, 6) is -1.62. The normalized spacial score (nSPS) is 33.4. The van der Waals surface area contributed by atoms with Crippen LogP contribution in [0.1, 0.15) is 27.2 Å². The Labute approximate surface area is 229 Å². The molecule has 3 unspecified atom stereocenters. The lowest BCUT2D eigenvalue weighted by molar-refractivity contribution is -0.143. The van der Waals surface area contributed by atoms with Crippen molar-refractivity contribution in [2.45, 2.75) is 49.3 Å². The third-order valence-corrected chi connectivity index (χ3v) is 11.0. The highest BCUT2D eigenvalue weighted by atomic mass is 32.2. The average molecular weight is 545 g/mol. The summed E-state index contributed by atoms with van der Waals surface area (Å²) < 4.78 is 4.72. The van der Waals surface area contributed by atoms with Gasteiger partial charge in [0, 0.05) is 37.1 Å². The summed E-state index contributed by atoms with van der Waals surface area (Å²) in [6, 6.07) is 8.06. The first-order chi connectivity index (χ1) is 18.3. The van der Waals surface area contributed by atoms with Crippen LogP contribution in [0.25, 0.3) is 0 Å². The van der Waals surface area contributed by atoms with Gasteiger partial charge in [-0.3, -0.25) is 19.3 Å². The largest absolute Gasteiger partial charge is 0.394 e.